The lowest BCUT2D eigenvalue weighted by Gasteiger charge is -2.03. The predicted molar refractivity (Wildman–Crippen MR) is 83.1 cm³/mol. The fraction of sp³-hybridized carbons (Fsp3) is 0.333. The van der Waals surface area contributed by atoms with Crippen LogP contribution < -0.4 is 4.74 Å². The van der Waals surface area contributed by atoms with Gasteiger partial charge in [0.25, 0.3) is 11.1 Å². The lowest BCUT2D eigenvalue weighted by molar-refractivity contribution is 0.252. The maximum absolute atomic E-state index is 5.63. The van der Waals surface area contributed by atoms with Gasteiger partial charge >= 0.3 is 0 Å². The first-order valence-electron chi connectivity index (χ1n) is 7.09. The van der Waals surface area contributed by atoms with Crippen LogP contribution in [0.25, 0.3) is 0 Å². The van der Waals surface area contributed by atoms with Crippen LogP contribution in [-0.2, 0) is 6.61 Å². The van der Waals surface area contributed by atoms with Crippen LogP contribution in [0.5, 0.6) is 5.75 Å². The van der Waals surface area contributed by atoms with Gasteiger partial charge in [-0.15, -0.1) is 10.2 Å². The van der Waals surface area contributed by atoms with Gasteiger partial charge in [-0.2, -0.15) is 4.98 Å². The highest BCUT2D eigenvalue weighted by atomic mass is 32.2. The maximum atomic E-state index is 5.63. The van der Waals surface area contributed by atoms with Crippen molar-refractivity contribution in [2.24, 2.45) is 0 Å². The van der Waals surface area contributed by atoms with E-state index in [-0.39, 0.29) is 11.9 Å². The van der Waals surface area contributed by atoms with E-state index < -0.39 is 0 Å². The molecule has 1 atom stereocenters. The van der Waals surface area contributed by atoms with Gasteiger partial charge in [0.15, 0.2) is 12.4 Å². The molecule has 23 heavy (non-hydrogen) atoms. The zero-order chi connectivity index (χ0) is 16.2. The lowest BCUT2D eigenvalue weighted by atomic mass is 10.2. The molecule has 0 N–H and O–H groups in total. The smallest absolute Gasteiger partial charge is 0.277 e. The van der Waals surface area contributed by atoms with Crippen molar-refractivity contribution in [3.63, 3.8) is 0 Å². The first kappa shape index (κ1) is 15.5. The third-order valence-electron chi connectivity index (χ3n) is 2.97. The maximum Gasteiger partial charge on any atom is 0.277 e. The van der Waals surface area contributed by atoms with E-state index in [0.29, 0.717) is 22.8 Å². The van der Waals surface area contributed by atoms with Crippen molar-refractivity contribution in [1.29, 1.82) is 0 Å². The number of benzene rings is 1. The van der Waals surface area contributed by atoms with Crippen LogP contribution in [0.1, 0.15) is 35.3 Å². The van der Waals surface area contributed by atoms with Gasteiger partial charge in [0.2, 0.25) is 5.89 Å². The molecule has 120 valence electrons. The Labute approximate surface area is 137 Å². The number of ether oxygens (including phenoxy) is 1. The van der Waals surface area contributed by atoms with Crippen molar-refractivity contribution in [3.8, 4) is 5.75 Å². The third-order valence-corrected chi connectivity index (χ3v) is 3.89. The molecule has 0 radical (unpaired) electrons. The Balaban J connectivity index is 1.57. The number of rotatable bonds is 6. The summed E-state index contributed by atoms with van der Waals surface area (Å²) in [5.41, 5.74) is 1.13. The SMILES string of the molecule is Cc1cccc(OCc2nnc(SC(C)c3nc(C)no3)o2)c1. The molecule has 0 spiro atoms. The summed E-state index contributed by atoms with van der Waals surface area (Å²) < 4.78 is 16.3. The van der Waals surface area contributed by atoms with Crippen molar-refractivity contribution in [2.75, 3.05) is 0 Å². The van der Waals surface area contributed by atoms with Gasteiger partial charge in [0.1, 0.15) is 5.75 Å². The molecule has 0 aliphatic rings. The second-order valence-corrected chi connectivity index (χ2v) is 6.30. The summed E-state index contributed by atoms with van der Waals surface area (Å²) in [6.07, 6.45) is 0. The Morgan fingerprint density at radius 3 is 2.87 bits per heavy atom. The standard InChI is InChI=1S/C15H16N4O3S/c1-9-5-4-6-12(7-9)20-8-13-17-18-15(21-13)23-10(2)14-16-11(3)19-22-14/h4-7,10H,8H2,1-3H3. The molecular formula is C15H16N4O3S. The van der Waals surface area contributed by atoms with Crippen LogP contribution in [0.4, 0.5) is 0 Å². The molecule has 0 aliphatic heterocycles. The van der Waals surface area contributed by atoms with Crippen molar-refractivity contribution >= 4 is 11.8 Å². The van der Waals surface area contributed by atoms with E-state index in [4.69, 9.17) is 13.7 Å². The van der Waals surface area contributed by atoms with E-state index in [0.717, 1.165) is 11.3 Å². The molecule has 2 aromatic heterocycles. The predicted octanol–water partition coefficient (Wildman–Crippen LogP) is 3.50. The zero-order valence-corrected chi connectivity index (χ0v) is 13.8. The Morgan fingerprint density at radius 2 is 2.13 bits per heavy atom. The topological polar surface area (TPSA) is 87.1 Å². The first-order chi connectivity index (χ1) is 11.1. The quantitative estimate of drug-likeness (QED) is 0.634. The fourth-order valence-corrected chi connectivity index (χ4v) is 2.61. The summed E-state index contributed by atoms with van der Waals surface area (Å²) in [5.74, 6) is 2.32. The van der Waals surface area contributed by atoms with Crippen LogP contribution in [0, 0.1) is 13.8 Å². The van der Waals surface area contributed by atoms with Crippen molar-refractivity contribution < 1.29 is 13.7 Å². The summed E-state index contributed by atoms with van der Waals surface area (Å²) in [4.78, 5) is 4.18. The molecule has 0 bridgehead atoms. The average Bonchev–Trinajstić information content (AvgIpc) is 3.14. The van der Waals surface area contributed by atoms with E-state index in [1.165, 1.54) is 11.8 Å². The van der Waals surface area contributed by atoms with Gasteiger partial charge in [0.05, 0.1) is 5.25 Å². The van der Waals surface area contributed by atoms with Gasteiger partial charge in [0, 0.05) is 0 Å². The minimum Gasteiger partial charge on any atom is -0.484 e. The fourth-order valence-electron chi connectivity index (χ4n) is 1.87. The molecule has 3 rings (SSSR count). The minimum absolute atomic E-state index is 0.0674. The van der Waals surface area contributed by atoms with Gasteiger partial charge in [-0.1, -0.05) is 29.1 Å². The van der Waals surface area contributed by atoms with E-state index in [1.807, 2.05) is 38.1 Å². The largest absolute Gasteiger partial charge is 0.484 e. The zero-order valence-electron chi connectivity index (χ0n) is 13.0. The Kier molecular flexibility index (Phi) is 4.61. The molecule has 0 saturated heterocycles. The average molecular weight is 332 g/mol. The van der Waals surface area contributed by atoms with E-state index in [1.54, 1.807) is 6.92 Å². The van der Waals surface area contributed by atoms with Crippen LogP contribution in [0.2, 0.25) is 0 Å². The molecule has 2 heterocycles. The van der Waals surface area contributed by atoms with E-state index in [2.05, 4.69) is 20.3 Å². The first-order valence-corrected chi connectivity index (χ1v) is 7.97. The van der Waals surface area contributed by atoms with Gasteiger partial charge in [-0.3, -0.25) is 0 Å². The molecule has 7 nitrogen and oxygen atoms in total. The lowest BCUT2D eigenvalue weighted by Crippen LogP contribution is -1.95. The van der Waals surface area contributed by atoms with Gasteiger partial charge in [-0.05, 0) is 38.5 Å². The molecule has 8 heteroatoms. The van der Waals surface area contributed by atoms with Crippen LogP contribution in [0.15, 0.2) is 38.4 Å². The number of hydrogen-bond donors (Lipinski definition) is 0. The third kappa shape index (κ3) is 4.10. The second-order valence-electron chi connectivity index (χ2n) is 5.01. The molecule has 1 unspecified atom stereocenters. The number of aryl methyl sites for hydroxylation is 2. The van der Waals surface area contributed by atoms with Gasteiger partial charge in [-0.25, -0.2) is 0 Å². The van der Waals surface area contributed by atoms with Crippen molar-refractivity contribution in [1.82, 2.24) is 20.3 Å². The van der Waals surface area contributed by atoms with Crippen LogP contribution in [0.3, 0.4) is 0 Å². The van der Waals surface area contributed by atoms with Crippen molar-refractivity contribution in [2.45, 2.75) is 37.9 Å². The monoisotopic (exact) mass is 332 g/mol. The summed E-state index contributed by atoms with van der Waals surface area (Å²) in [5, 5.41) is 12.1. The molecule has 0 amide bonds. The van der Waals surface area contributed by atoms with Crippen molar-refractivity contribution in [3.05, 3.63) is 47.4 Å². The number of nitrogens with zero attached hydrogens (tertiary/aromatic N) is 4. The summed E-state index contributed by atoms with van der Waals surface area (Å²) in [6, 6.07) is 7.79. The van der Waals surface area contributed by atoms with E-state index >= 15 is 0 Å². The molecule has 0 saturated carbocycles. The summed E-state index contributed by atoms with van der Waals surface area (Å²) >= 11 is 1.36. The Morgan fingerprint density at radius 1 is 1.26 bits per heavy atom. The molecule has 3 aromatic rings. The highest BCUT2D eigenvalue weighted by Gasteiger charge is 2.18. The number of aromatic nitrogens is 4. The molecule has 0 aliphatic carbocycles. The highest BCUT2D eigenvalue weighted by Crippen LogP contribution is 2.32. The number of thioether (sulfide) groups is 1. The Hall–Kier alpha value is -2.35. The minimum atomic E-state index is -0.0674. The second kappa shape index (κ2) is 6.82. The molecule has 0 fully saturated rings. The highest BCUT2D eigenvalue weighted by molar-refractivity contribution is 7.99. The summed E-state index contributed by atoms with van der Waals surface area (Å²) in [6.45, 7) is 5.95. The summed E-state index contributed by atoms with van der Waals surface area (Å²) in [7, 11) is 0. The van der Waals surface area contributed by atoms with Gasteiger partial charge < -0.3 is 13.7 Å². The molecule has 1 aromatic carbocycles. The van der Waals surface area contributed by atoms with E-state index in [9.17, 15) is 0 Å². The van der Waals surface area contributed by atoms with Crippen LogP contribution >= 0.6 is 11.8 Å². The Bertz CT molecular complexity index is 786. The van der Waals surface area contributed by atoms with Crippen LogP contribution in [-0.4, -0.2) is 20.3 Å². The normalized spacial score (nSPS) is 12.3. The molecular weight excluding hydrogens is 316 g/mol. The number of hydrogen-bond acceptors (Lipinski definition) is 8.